The van der Waals surface area contributed by atoms with E-state index in [4.69, 9.17) is 9.47 Å². The second kappa shape index (κ2) is 9.52. The lowest BCUT2D eigenvalue weighted by Crippen LogP contribution is -2.44. The fraction of sp³-hybridized carbons (Fsp3) is 0.286. The molecule has 1 N–H and O–H groups in total. The molecule has 0 aliphatic rings. The van der Waals surface area contributed by atoms with Crippen LogP contribution < -0.4 is 5.32 Å². The summed E-state index contributed by atoms with van der Waals surface area (Å²) in [6.45, 7) is 3.27. The number of hydrogen-bond donors (Lipinski definition) is 1. The average Bonchev–Trinajstić information content (AvgIpc) is 2.65. The number of carbonyl (C=O) groups excluding carboxylic acids is 3. The van der Waals surface area contributed by atoms with Gasteiger partial charge in [-0.25, -0.2) is 9.59 Å². The van der Waals surface area contributed by atoms with Crippen LogP contribution in [0.5, 0.6) is 0 Å². The Balaban J connectivity index is 1.94. The van der Waals surface area contributed by atoms with E-state index < -0.39 is 30.5 Å². The van der Waals surface area contributed by atoms with Crippen LogP contribution in [0.2, 0.25) is 0 Å². The lowest BCUT2D eigenvalue weighted by atomic mass is 10.1. The zero-order chi connectivity index (χ0) is 19.8. The van der Waals surface area contributed by atoms with Gasteiger partial charge in [-0.1, -0.05) is 47.5 Å². The molecule has 2 rings (SSSR count). The highest BCUT2D eigenvalue weighted by atomic mass is 16.5. The third-order valence-electron chi connectivity index (χ3n) is 3.90. The van der Waals surface area contributed by atoms with Crippen LogP contribution in [0.15, 0.2) is 48.5 Å². The quantitative estimate of drug-likeness (QED) is 0.758. The number of aryl methyl sites for hydroxylation is 2. The van der Waals surface area contributed by atoms with E-state index in [0.717, 1.165) is 16.7 Å². The fourth-order valence-electron chi connectivity index (χ4n) is 2.73. The van der Waals surface area contributed by atoms with Crippen LogP contribution in [0.25, 0.3) is 0 Å². The van der Waals surface area contributed by atoms with Gasteiger partial charge in [0.25, 0.3) is 5.91 Å². The number of ether oxygens (including phenoxy) is 2. The number of rotatable bonds is 7. The molecular formula is C21H23NO5. The van der Waals surface area contributed by atoms with Crippen molar-refractivity contribution in [3.8, 4) is 0 Å². The second-order valence-electron chi connectivity index (χ2n) is 6.29. The summed E-state index contributed by atoms with van der Waals surface area (Å²) in [7, 11) is 1.26. The monoisotopic (exact) mass is 369 g/mol. The summed E-state index contributed by atoms with van der Waals surface area (Å²) in [5.41, 5.74) is 3.12. The molecule has 0 saturated heterocycles. The molecule has 6 nitrogen and oxygen atoms in total. The molecule has 0 aromatic heterocycles. The molecule has 0 aliphatic heterocycles. The van der Waals surface area contributed by atoms with Crippen LogP contribution in [0.3, 0.4) is 0 Å². The van der Waals surface area contributed by atoms with E-state index in [1.165, 1.54) is 7.11 Å². The van der Waals surface area contributed by atoms with Gasteiger partial charge in [0, 0.05) is 6.42 Å². The van der Waals surface area contributed by atoms with Crippen LogP contribution in [-0.2, 0) is 25.5 Å². The normalized spacial score (nSPS) is 11.4. The maximum atomic E-state index is 12.1. The number of nitrogens with one attached hydrogen (secondary N) is 1. The predicted molar refractivity (Wildman–Crippen MR) is 100 cm³/mol. The van der Waals surface area contributed by atoms with E-state index in [0.29, 0.717) is 5.56 Å². The van der Waals surface area contributed by atoms with Crippen molar-refractivity contribution in [1.82, 2.24) is 5.32 Å². The van der Waals surface area contributed by atoms with Crippen molar-refractivity contribution in [2.45, 2.75) is 26.3 Å². The summed E-state index contributed by atoms with van der Waals surface area (Å²) >= 11 is 0. The number of benzene rings is 2. The van der Waals surface area contributed by atoms with Gasteiger partial charge in [-0.05, 0) is 31.5 Å². The first kappa shape index (κ1) is 20.2. The van der Waals surface area contributed by atoms with Crippen molar-refractivity contribution in [3.63, 3.8) is 0 Å². The molecule has 2 aromatic rings. The smallest absolute Gasteiger partial charge is 0.338 e. The molecule has 142 valence electrons. The molecule has 0 unspecified atom stereocenters. The summed E-state index contributed by atoms with van der Waals surface area (Å²) in [4.78, 5) is 36.2. The molecule has 0 spiro atoms. The van der Waals surface area contributed by atoms with Crippen LogP contribution in [0.4, 0.5) is 0 Å². The minimum atomic E-state index is -0.857. The van der Waals surface area contributed by atoms with Crippen molar-refractivity contribution in [2.24, 2.45) is 0 Å². The van der Waals surface area contributed by atoms with Gasteiger partial charge in [-0.2, -0.15) is 0 Å². The van der Waals surface area contributed by atoms with Crippen LogP contribution in [-0.4, -0.2) is 37.6 Å². The Morgan fingerprint density at radius 1 is 1.00 bits per heavy atom. The number of hydrogen-bond acceptors (Lipinski definition) is 5. The molecule has 0 heterocycles. The van der Waals surface area contributed by atoms with Gasteiger partial charge in [0.2, 0.25) is 0 Å². The Bertz CT molecular complexity index is 796. The molecule has 1 amide bonds. The summed E-state index contributed by atoms with van der Waals surface area (Å²) in [5, 5.41) is 2.56. The molecule has 6 heteroatoms. The van der Waals surface area contributed by atoms with Gasteiger partial charge in [0.1, 0.15) is 6.04 Å². The van der Waals surface area contributed by atoms with Crippen molar-refractivity contribution in [3.05, 3.63) is 70.8 Å². The first-order chi connectivity index (χ1) is 12.9. The molecule has 0 bridgehead atoms. The zero-order valence-corrected chi connectivity index (χ0v) is 15.7. The van der Waals surface area contributed by atoms with Crippen LogP contribution in [0.1, 0.15) is 27.0 Å². The lowest BCUT2D eigenvalue weighted by Gasteiger charge is -2.16. The standard InChI is InChI=1S/C21H23NO5/c1-14-9-15(2)11-17(10-14)20(24)27-13-19(23)22-18(21(25)26-3)12-16-7-5-4-6-8-16/h4-11,18H,12-13H2,1-3H3,(H,22,23)/t18-/m1/s1. The van der Waals surface area contributed by atoms with E-state index in [1.54, 1.807) is 12.1 Å². The number of amides is 1. The Labute approximate surface area is 158 Å². The Morgan fingerprint density at radius 3 is 2.22 bits per heavy atom. The molecule has 2 aromatic carbocycles. The molecule has 0 radical (unpaired) electrons. The Hall–Kier alpha value is -3.15. The first-order valence-corrected chi connectivity index (χ1v) is 8.55. The molecule has 0 saturated carbocycles. The molecule has 0 fully saturated rings. The Kier molecular flexibility index (Phi) is 7.11. The summed E-state index contributed by atoms with van der Waals surface area (Å²) in [5.74, 6) is -1.72. The topological polar surface area (TPSA) is 81.7 Å². The van der Waals surface area contributed by atoms with E-state index in [-0.39, 0.29) is 6.42 Å². The maximum absolute atomic E-state index is 12.1. The predicted octanol–water partition coefficient (Wildman–Crippen LogP) is 2.36. The lowest BCUT2D eigenvalue weighted by molar-refractivity contribution is -0.145. The third-order valence-corrected chi connectivity index (χ3v) is 3.90. The molecular weight excluding hydrogens is 346 g/mol. The van der Waals surface area contributed by atoms with Gasteiger partial charge in [-0.3, -0.25) is 4.79 Å². The SMILES string of the molecule is COC(=O)[C@@H](Cc1ccccc1)NC(=O)COC(=O)c1cc(C)cc(C)c1. The minimum absolute atomic E-state index is 0.282. The fourth-order valence-corrected chi connectivity index (χ4v) is 2.73. The average molecular weight is 369 g/mol. The summed E-state index contributed by atoms with van der Waals surface area (Å²) < 4.78 is 9.81. The van der Waals surface area contributed by atoms with Gasteiger partial charge >= 0.3 is 11.9 Å². The Morgan fingerprint density at radius 2 is 1.63 bits per heavy atom. The molecule has 1 atom stereocenters. The number of methoxy groups -OCH3 is 1. The van der Waals surface area contributed by atoms with E-state index in [9.17, 15) is 14.4 Å². The van der Waals surface area contributed by atoms with Gasteiger partial charge < -0.3 is 14.8 Å². The van der Waals surface area contributed by atoms with Crippen LogP contribution >= 0.6 is 0 Å². The third kappa shape index (κ3) is 6.26. The van der Waals surface area contributed by atoms with Crippen molar-refractivity contribution >= 4 is 17.8 Å². The second-order valence-corrected chi connectivity index (χ2v) is 6.29. The zero-order valence-electron chi connectivity index (χ0n) is 15.7. The van der Waals surface area contributed by atoms with Gasteiger partial charge in [0.05, 0.1) is 12.7 Å². The first-order valence-electron chi connectivity index (χ1n) is 8.55. The molecule has 0 aliphatic carbocycles. The highest BCUT2D eigenvalue weighted by Gasteiger charge is 2.22. The van der Waals surface area contributed by atoms with Gasteiger partial charge in [0.15, 0.2) is 6.61 Å². The summed E-state index contributed by atoms with van der Waals surface area (Å²) in [6, 6.07) is 13.7. The van der Waals surface area contributed by atoms with E-state index in [2.05, 4.69) is 5.32 Å². The van der Waals surface area contributed by atoms with Gasteiger partial charge in [-0.15, -0.1) is 0 Å². The summed E-state index contributed by atoms with van der Waals surface area (Å²) in [6.07, 6.45) is 0.282. The van der Waals surface area contributed by atoms with Crippen molar-refractivity contribution in [2.75, 3.05) is 13.7 Å². The van der Waals surface area contributed by atoms with Crippen molar-refractivity contribution < 1.29 is 23.9 Å². The molecule has 27 heavy (non-hydrogen) atoms. The highest BCUT2D eigenvalue weighted by Crippen LogP contribution is 2.10. The van der Waals surface area contributed by atoms with Crippen LogP contribution in [0, 0.1) is 13.8 Å². The largest absolute Gasteiger partial charge is 0.467 e. The number of carbonyl (C=O) groups is 3. The minimum Gasteiger partial charge on any atom is -0.467 e. The highest BCUT2D eigenvalue weighted by molar-refractivity contribution is 5.92. The number of esters is 2. The van der Waals surface area contributed by atoms with E-state index >= 15 is 0 Å². The van der Waals surface area contributed by atoms with Crippen molar-refractivity contribution in [1.29, 1.82) is 0 Å². The van der Waals surface area contributed by atoms with E-state index in [1.807, 2.05) is 50.2 Å². The maximum Gasteiger partial charge on any atom is 0.338 e.